The van der Waals surface area contributed by atoms with Crippen LogP contribution in [-0.4, -0.2) is 40.2 Å². The van der Waals surface area contributed by atoms with Gasteiger partial charge in [-0.3, -0.25) is 24.0 Å². The fourth-order valence-corrected chi connectivity index (χ4v) is 3.22. The Morgan fingerprint density at radius 3 is 2.82 bits per heavy atom. The van der Waals surface area contributed by atoms with E-state index in [2.05, 4.69) is 10.6 Å². The van der Waals surface area contributed by atoms with Crippen molar-refractivity contribution in [3.8, 4) is 0 Å². The number of imide groups is 1. The first-order chi connectivity index (χ1) is 13.4. The van der Waals surface area contributed by atoms with E-state index in [1.807, 2.05) is 0 Å². The number of nitrogens with zero attached hydrogens (tertiary/aromatic N) is 2. The smallest absolute Gasteiger partial charge is 0.407 e. The Morgan fingerprint density at radius 2 is 2.11 bits per heavy atom. The number of carbonyl (C=O) groups excluding carboxylic acids is 3. The molecule has 150 valence electrons. The number of aryl methyl sites for hydroxylation is 1. The minimum atomic E-state index is -0.726. The Balaban J connectivity index is 1.81. The minimum Gasteiger partial charge on any atom is -0.450 e. The number of fused-ring (bicyclic) bond motifs is 1. The molecule has 0 spiro atoms. The average molecular weight is 389 g/mol. The zero-order valence-corrected chi connectivity index (χ0v) is 15.6. The first kappa shape index (κ1) is 19.6. The van der Waals surface area contributed by atoms with Gasteiger partial charge in [-0.25, -0.2) is 9.59 Å². The Labute approximate surface area is 160 Å². The van der Waals surface area contributed by atoms with E-state index in [-0.39, 0.29) is 37.6 Å². The number of amides is 3. The molecular weight excluding hydrogens is 366 g/mol. The van der Waals surface area contributed by atoms with E-state index in [1.54, 1.807) is 25.2 Å². The molecule has 2 aromatic rings. The zero-order valence-electron chi connectivity index (χ0n) is 15.6. The molecular formula is C18H23N5O5. The number of imidazole rings is 1. The van der Waals surface area contributed by atoms with Gasteiger partial charge in [-0.15, -0.1) is 0 Å². The Hall–Kier alpha value is -3.14. The molecule has 1 aromatic carbocycles. The van der Waals surface area contributed by atoms with Gasteiger partial charge in [0.15, 0.2) is 0 Å². The molecule has 0 saturated carbocycles. The van der Waals surface area contributed by atoms with Crippen LogP contribution in [0.15, 0.2) is 23.0 Å². The lowest BCUT2D eigenvalue weighted by molar-refractivity contribution is -0.135. The van der Waals surface area contributed by atoms with Crippen molar-refractivity contribution in [2.75, 3.05) is 13.2 Å². The SMILES string of the molecule is Cn1c(=O)n(C2CCC(=O)NC2=O)c2ccc(CNC(=O)OCCCN)cc21. The summed E-state index contributed by atoms with van der Waals surface area (Å²) >= 11 is 0. The molecule has 0 bridgehead atoms. The molecule has 0 aliphatic carbocycles. The van der Waals surface area contributed by atoms with Crippen LogP contribution in [-0.2, 0) is 27.9 Å². The van der Waals surface area contributed by atoms with Crippen molar-refractivity contribution in [1.29, 1.82) is 0 Å². The summed E-state index contributed by atoms with van der Waals surface area (Å²) in [6, 6.07) is 4.55. The second-order valence-corrected chi connectivity index (χ2v) is 6.63. The van der Waals surface area contributed by atoms with Crippen LogP contribution in [0.25, 0.3) is 11.0 Å². The highest BCUT2D eigenvalue weighted by Gasteiger charge is 2.31. The third kappa shape index (κ3) is 3.91. The number of hydrogen-bond acceptors (Lipinski definition) is 6. The lowest BCUT2D eigenvalue weighted by atomic mass is 10.1. The van der Waals surface area contributed by atoms with E-state index in [4.69, 9.17) is 10.5 Å². The van der Waals surface area contributed by atoms with Gasteiger partial charge in [0.2, 0.25) is 11.8 Å². The van der Waals surface area contributed by atoms with Gasteiger partial charge in [0, 0.05) is 20.0 Å². The number of benzene rings is 1. The van der Waals surface area contributed by atoms with Crippen molar-refractivity contribution in [3.05, 3.63) is 34.2 Å². The largest absolute Gasteiger partial charge is 0.450 e. The number of alkyl carbamates (subject to hydrolysis) is 1. The quantitative estimate of drug-likeness (QED) is 0.466. The number of rotatable bonds is 6. The second-order valence-electron chi connectivity index (χ2n) is 6.63. The maximum Gasteiger partial charge on any atom is 0.407 e. The summed E-state index contributed by atoms with van der Waals surface area (Å²) < 4.78 is 7.84. The second kappa shape index (κ2) is 8.26. The summed E-state index contributed by atoms with van der Waals surface area (Å²) in [5.41, 5.74) is 7.01. The number of piperidine rings is 1. The highest BCUT2D eigenvalue weighted by Crippen LogP contribution is 2.23. The Bertz CT molecular complexity index is 977. The van der Waals surface area contributed by atoms with Crippen molar-refractivity contribution >= 4 is 28.9 Å². The van der Waals surface area contributed by atoms with Gasteiger partial charge in [0.25, 0.3) is 0 Å². The molecule has 28 heavy (non-hydrogen) atoms. The molecule has 1 aliphatic rings. The van der Waals surface area contributed by atoms with E-state index in [0.29, 0.717) is 24.0 Å². The van der Waals surface area contributed by atoms with Gasteiger partial charge in [-0.05, 0) is 37.1 Å². The van der Waals surface area contributed by atoms with Gasteiger partial charge in [-0.2, -0.15) is 0 Å². The summed E-state index contributed by atoms with van der Waals surface area (Å²) in [5.74, 6) is -0.807. The molecule has 4 N–H and O–H groups in total. The van der Waals surface area contributed by atoms with Crippen molar-refractivity contribution in [1.82, 2.24) is 19.8 Å². The summed E-state index contributed by atoms with van der Waals surface area (Å²) in [7, 11) is 1.62. The van der Waals surface area contributed by atoms with Crippen molar-refractivity contribution in [2.24, 2.45) is 12.8 Å². The third-order valence-corrected chi connectivity index (χ3v) is 4.69. The molecule has 3 rings (SSSR count). The van der Waals surface area contributed by atoms with Gasteiger partial charge in [-0.1, -0.05) is 6.07 Å². The third-order valence-electron chi connectivity index (χ3n) is 4.69. The molecule has 1 unspecified atom stereocenters. The normalized spacial score (nSPS) is 16.9. The van der Waals surface area contributed by atoms with Crippen molar-refractivity contribution in [2.45, 2.75) is 31.8 Å². The van der Waals surface area contributed by atoms with Crippen LogP contribution in [0.2, 0.25) is 0 Å². The fraction of sp³-hybridized carbons (Fsp3) is 0.444. The van der Waals surface area contributed by atoms with Gasteiger partial charge < -0.3 is 15.8 Å². The molecule has 10 heteroatoms. The maximum atomic E-state index is 12.7. The van der Waals surface area contributed by atoms with E-state index in [0.717, 1.165) is 5.56 Å². The highest BCUT2D eigenvalue weighted by molar-refractivity contribution is 6.00. The average Bonchev–Trinajstić information content (AvgIpc) is 2.91. The fourth-order valence-electron chi connectivity index (χ4n) is 3.22. The van der Waals surface area contributed by atoms with E-state index < -0.39 is 18.0 Å². The maximum absolute atomic E-state index is 12.7. The van der Waals surface area contributed by atoms with E-state index >= 15 is 0 Å². The van der Waals surface area contributed by atoms with Gasteiger partial charge in [0.05, 0.1) is 17.6 Å². The summed E-state index contributed by atoms with van der Waals surface area (Å²) in [6.07, 6.45) is 0.522. The number of carbonyl (C=O) groups is 3. The lowest BCUT2D eigenvalue weighted by Crippen LogP contribution is -2.44. The molecule has 1 fully saturated rings. The van der Waals surface area contributed by atoms with E-state index in [9.17, 15) is 19.2 Å². The molecule has 10 nitrogen and oxygen atoms in total. The molecule has 1 atom stereocenters. The van der Waals surface area contributed by atoms with Crippen LogP contribution in [0.5, 0.6) is 0 Å². The summed E-state index contributed by atoms with van der Waals surface area (Å²) in [4.78, 5) is 47.9. The number of nitrogens with two attached hydrogens (primary N) is 1. The predicted octanol–water partition coefficient (Wildman–Crippen LogP) is -0.107. The highest BCUT2D eigenvalue weighted by atomic mass is 16.5. The van der Waals surface area contributed by atoms with E-state index in [1.165, 1.54) is 9.13 Å². The number of hydrogen-bond donors (Lipinski definition) is 3. The van der Waals surface area contributed by atoms with Crippen LogP contribution in [0, 0.1) is 0 Å². The topological polar surface area (TPSA) is 137 Å². The molecule has 0 radical (unpaired) electrons. The van der Waals surface area contributed by atoms with Crippen LogP contribution in [0.4, 0.5) is 4.79 Å². The summed E-state index contributed by atoms with van der Waals surface area (Å²) in [6.45, 7) is 0.933. The monoisotopic (exact) mass is 389 g/mol. The van der Waals surface area contributed by atoms with Crippen LogP contribution in [0.3, 0.4) is 0 Å². The molecule has 1 aliphatic heterocycles. The van der Waals surface area contributed by atoms with Crippen molar-refractivity contribution in [3.63, 3.8) is 0 Å². The molecule has 1 saturated heterocycles. The molecule has 1 aromatic heterocycles. The molecule has 3 amide bonds. The number of aromatic nitrogens is 2. The lowest BCUT2D eigenvalue weighted by Gasteiger charge is -2.21. The summed E-state index contributed by atoms with van der Waals surface area (Å²) in [5, 5.41) is 4.92. The number of nitrogens with one attached hydrogen (secondary N) is 2. The minimum absolute atomic E-state index is 0.188. The van der Waals surface area contributed by atoms with Crippen molar-refractivity contribution < 1.29 is 19.1 Å². The van der Waals surface area contributed by atoms with Gasteiger partial charge in [0.1, 0.15) is 6.04 Å². The van der Waals surface area contributed by atoms with Crippen LogP contribution in [0.1, 0.15) is 30.9 Å². The van der Waals surface area contributed by atoms with Crippen LogP contribution >= 0.6 is 0 Å². The Kier molecular flexibility index (Phi) is 5.78. The van der Waals surface area contributed by atoms with Gasteiger partial charge >= 0.3 is 11.8 Å². The standard InChI is InChI=1S/C18H23N5O5/c1-22-14-9-11(10-20-17(26)28-8-2-7-19)3-4-12(14)23(18(22)27)13-5-6-15(24)21-16(13)25/h3-4,9,13H,2,5-8,10,19H2,1H3,(H,20,26)(H,21,24,25). The zero-order chi connectivity index (χ0) is 20.3. The molecule has 2 heterocycles. The first-order valence-electron chi connectivity index (χ1n) is 9.06. The number of ether oxygens (including phenoxy) is 1. The van der Waals surface area contributed by atoms with Crippen LogP contribution < -0.4 is 22.1 Å². The predicted molar refractivity (Wildman–Crippen MR) is 100 cm³/mol. The Morgan fingerprint density at radius 1 is 1.32 bits per heavy atom. The first-order valence-corrected chi connectivity index (χ1v) is 9.06.